The fourth-order valence-electron chi connectivity index (χ4n) is 2.49. The number of ether oxygens (including phenoxy) is 3. The second-order valence-electron chi connectivity index (χ2n) is 5.73. The van der Waals surface area contributed by atoms with Crippen LogP contribution >= 0.6 is 27.7 Å². The minimum atomic E-state index is -1.00. The number of carbonyl (C=O) groups is 3. The van der Waals surface area contributed by atoms with Crippen molar-refractivity contribution in [1.29, 1.82) is 0 Å². The number of hydrogen-bond acceptors (Lipinski definition) is 7. The molecule has 1 fully saturated rings. The van der Waals surface area contributed by atoms with Crippen LogP contribution in [-0.2, 0) is 14.3 Å². The lowest BCUT2D eigenvalue weighted by atomic mass is 10.1. The minimum Gasteiger partial charge on any atom is -0.490 e. The van der Waals surface area contributed by atoms with Crippen LogP contribution in [0.25, 0.3) is 6.08 Å². The van der Waals surface area contributed by atoms with E-state index < -0.39 is 23.2 Å². The Bertz CT molecular complexity index is 892. The van der Waals surface area contributed by atoms with Gasteiger partial charge in [-0.25, -0.2) is 4.79 Å². The Morgan fingerprint density at radius 1 is 1.28 bits per heavy atom. The van der Waals surface area contributed by atoms with Gasteiger partial charge in [0.25, 0.3) is 11.1 Å². The van der Waals surface area contributed by atoms with Gasteiger partial charge in [0.2, 0.25) is 0 Å². The molecule has 2 rings (SSSR count). The number of nitrogens with zero attached hydrogens (tertiary/aromatic N) is 1. The molecule has 2 amide bonds. The molecular formula is C20H20BrNO6S. The standard InChI is InChI=1S/C20H20BrNO6S/c1-5-8-28-16-11-14(21)13(9-15(16)26-6-2)10-17-18(23)22(20(25)29-17)12(4)19(24)27-7-3/h1,9-12H,6-8H2,2-4H3/b17-10+/t12-/m1/s1. The van der Waals surface area contributed by atoms with Crippen molar-refractivity contribution in [3.8, 4) is 23.8 Å². The van der Waals surface area contributed by atoms with E-state index in [0.29, 0.717) is 28.1 Å². The maximum atomic E-state index is 12.7. The van der Waals surface area contributed by atoms with Gasteiger partial charge in [0.1, 0.15) is 12.6 Å². The van der Waals surface area contributed by atoms with Crippen LogP contribution in [0.3, 0.4) is 0 Å². The van der Waals surface area contributed by atoms with Gasteiger partial charge < -0.3 is 14.2 Å². The van der Waals surface area contributed by atoms with Gasteiger partial charge in [0.05, 0.1) is 18.1 Å². The van der Waals surface area contributed by atoms with E-state index in [-0.39, 0.29) is 18.1 Å². The summed E-state index contributed by atoms with van der Waals surface area (Å²) in [5, 5.41) is -0.531. The molecule has 0 N–H and O–H groups in total. The van der Waals surface area contributed by atoms with Gasteiger partial charge in [0, 0.05) is 4.47 Å². The molecule has 1 aromatic carbocycles. The molecule has 0 radical (unpaired) electrons. The highest BCUT2D eigenvalue weighted by Crippen LogP contribution is 2.38. The zero-order chi connectivity index (χ0) is 21.6. The predicted octanol–water partition coefficient (Wildman–Crippen LogP) is 3.85. The van der Waals surface area contributed by atoms with Crippen LogP contribution in [0.15, 0.2) is 21.5 Å². The number of terminal acetylenes is 1. The molecule has 1 aliphatic heterocycles. The fraction of sp³-hybridized carbons (Fsp3) is 0.350. The second kappa shape index (κ2) is 10.4. The number of carbonyl (C=O) groups excluding carboxylic acids is 3. The number of imide groups is 1. The van der Waals surface area contributed by atoms with E-state index in [1.165, 1.54) is 6.92 Å². The molecule has 7 nitrogen and oxygen atoms in total. The number of thioether (sulfide) groups is 1. The molecule has 1 heterocycles. The van der Waals surface area contributed by atoms with Gasteiger partial charge in [-0.05, 0) is 56.3 Å². The van der Waals surface area contributed by atoms with Crippen molar-refractivity contribution in [3.63, 3.8) is 0 Å². The Kier molecular flexibility index (Phi) is 8.17. The summed E-state index contributed by atoms with van der Waals surface area (Å²) in [4.78, 5) is 38.0. The van der Waals surface area contributed by atoms with Gasteiger partial charge in [-0.2, -0.15) is 0 Å². The summed E-state index contributed by atoms with van der Waals surface area (Å²) in [6.45, 7) is 5.59. The average molecular weight is 482 g/mol. The van der Waals surface area contributed by atoms with E-state index >= 15 is 0 Å². The summed E-state index contributed by atoms with van der Waals surface area (Å²) >= 11 is 4.19. The number of hydrogen-bond donors (Lipinski definition) is 0. The molecule has 1 atom stereocenters. The molecule has 0 aromatic heterocycles. The van der Waals surface area contributed by atoms with E-state index in [0.717, 1.165) is 16.7 Å². The van der Waals surface area contributed by atoms with E-state index in [1.54, 1.807) is 25.1 Å². The van der Waals surface area contributed by atoms with Crippen LogP contribution in [0.2, 0.25) is 0 Å². The quantitative estimate of drug-likeness (QED) is 0.316. The summed E-state index contributed by atoms with van der Waals surface area (Å²) in [5.41, 5.74) is 0.607. The molecule has 1 aliphatic rings. The van der Waals surface area contributed by atoms with E-state index in [4.69, 9.17) is 20.6 Å². The third-order valence-corrected chi connectivity index (χ3v) is 5.37. The third kappa shape index (κ3) is 5.34. The first-order chi connectivity index (χ1) is 13.8. The van der Waals surface area contributed by atoms with Crippen molar-refractivity contribution in [2.75, 3.05) is 19.8 Å². The van der Waals surface area contributed by atoms with Gasteiger partial charge in [-0.3, -0.25) is 14.5 Å². The molecule has 0 aliphatic carbocycles. The first-order valence-electron chi connectivity index (χ1n) is 8.80. The monoisotopic (exact) mass is 481 g/mol. The van der Waals surface area contributed by atoms with E-state index in [2.05, 4.69) is 21.9 Å². The Morgan fingerprint density at radius 2 is 1.97 bits per heavy atom. The molecule has 29 heavy (non-hydrogen) atoms. The Balaban J connectivity index is 2.35. The van der Waals surface area contributed by atoms with Crippen molar-refractivity contribution >= 4 is 50.9 Å². The van der Waals surface area contributed by atoms with Gasteiger partial charge in [-0.15, -0.1) is 6.42 Å². The fourth-order valence-corrected chi connectivity index (χ4v) is 3.82. The molecule has 9 heteroatoms. The highest BCUT2D eigenvalue weighted by molar-refractivity contribution is 9.10. The second-order valence-corrected chi connectivity index (χ2v) is 7.57. The number of benzene rings is 1. The van der Waals surface area contributed by atoms with Gasteiger partial charge in [0.15, 0.2) is 11.5 Å². The zero-order valence-electron chi connectivity index (χ0n) is 16.2. The molecule has 0 saturated carbocycles. The van der Waals surface area contributed by atoms with Crippen LogP contribution in [0.4, 0.5) is 4.79 Å². The first kappa shape index (κ1) is 22.8. The van der Waals surface area contributed by atoms with Crippen LogP contribution < -0.4 is 9.47 Å². The maximum absolute atomic E-state index is 12.7. The van der Waals surface area contributed by atoms with Crippen LogP contribution in [0, 0.1) is 12.3 Å². The Morgan fingerprint density at radius 3 is 2.59 bits per heavy atom. The molecule has 0 spiro atoms. The minimum absolute atomic E-state index is 0.0799. The highest BCUT2D eigenvalue weighted by atomic mass is 79.9. The van der Waals surface area contributed by atoms with Crippen molar-refractivity contribution in [3.05, 3.63) is 27.1 Å². The average Bonchev–Trinajstić information content (AvgIpc) is 2.96. The van der Waals surface area contributed by atoms with Crippen LogP contribution in [0.5, 0.6) is 11.5 Å². The number of amides is 2. The molecule has 1 saturated heterocycles. The summed E-state index contributed by atoms with van der Waals surface area (Å²) in [6.07, 6.45) is 6.79. The topological polar surface area (TPSA) is 82.1 Å². The van der Waals surface area contributed by atoms with Crippen LogP contribution in [-0.4, -0.2) is 47.9 Å². The van der Waals surface area contributed by atoms with E-state index in [1.807, 2.05) is 6.92 Å². The smallest absolute Gasteiger partial charge is 0.329 e. The Hall–Kier alpha value is -2.44. The molecular weight excluding hydrogens is 462 g/mol. The lowest BCUT2D eigenvalue weighted by molar-refractivity contribution is -0.150. The van der Waals surface area contributed by atoms with Gasteiger partial charge >= 0.3 is 5.97 Å². The van der Waals surface area contributed by atoms with Crippen molar-refractivity contribution in [2.24, 2.45) is 0 Å². The molecule has 154 valence electrons. The predicted molar refractivity (Wildman–Crippen MR) is 114 cm³/mol. The lowest BCUT2D eigenvalue weighted by Gasteiger charge is -2.19. The molecule has 1 aromatic rings. The largest absolute Gasteiger partial charge is 0.490 e. The number of halogens is 1. The van der Waals surface area contributed by atoms with Crippen LogP contribution in [0.1, 0.15) is 26.3 Å². The summed E-state index contributed by atoms with van der Waals surface area (Å²) in [7, 11) is 0. The third-order valence-electron chi connectivity index (χ3n) is 3.80. The van der Waals surface area contributed by atoms with Gasteiger partial charge in [-0.1, -0.05) is 21.9 Å². The zero-order valence-corrected chi connectivity index (χ0v) is 18.6. The first-order valence-corrected chi connectivity index (χ1v) is 10.4. The van der Waals surface area contributed by atoms with Crippen molar-refractivity contribution < 1.29 is 28.6 Å². The Labute approximate surface area is 181 Å². The summed E-state index contributed by atoms with van der Waals surface area (Å²) in [6, 6.07) is 2.36. The molecule has 0 unspecified atom stereocenters. The van der Waals surface area contributed by atoms with Crippen molar-refractivity contribution in [1.82, 2.24) is 4.90 Å². The number of esters is 1. The maximum Gasteiger partial charge on any atom is 0.329 e. The molecule has 0 bridgehead atoms. The summed E-state index contributed by atoms with van der Waals surface area (Å²) < 4.78 is 16.6. The normalized spacial score (nSPS) is 16.0. The van der Waals surface area contributed by atoms with E-state index in [9.17, 15) is 14.4 Å². The van der Waals surface area contributed by atoms with Crippen molar-refractivity contribution in [2.45, 2.75) is 26.8 Å². The highest BCUT2D eigenvalue weighted by Gasteiger charge is 2.41. The summed E-state index contributed by atoms with van der Waals surface area (Å²) in [5.74, 6) is 2.11. The SMILES string of the molecule is C#CCOc1cc(Br)c(/C=C2/SC(=O)N([C@H](C)C(=O)OCC)C2=O)cc1OCC. The lowest BCUT2D eigenvalue weighted by Crippen LogP contribution is -2.42. The number of rotatable bonds is 8.